The molecule has 6 nitrogen and oxygen atoms in total. The number of aliphatic carboxylic acids is 3. The van der Waals surface area contributed by atoms with E-state index in [-0.39, 0.29) is 21.7 Å². The van der Waals surface area contributed by atoms with Gasteiger partial charge in [-0.25, -0.2) is 5.57 Å². The van der Waals surface area contributed by atoms with E-state index in [1.165, 1.54) is 31.3 Å². The third-order valence-electron chi connectivity index (χ3n) is 4.84. The van der Waals surface area contributed by atoms with Gasteiger partial charge in [0, 0.05) is 21.7 Å². The molecule has 0 aromatic rings. The molecule has 0 aromatic carbocycles. The van der Waals surface area contributed by atoms with E-state index in [2.05, 4.69) is 19.9 Å². The van der Waals surface area contributed by atoms with Crippen LogP contribution in [0.4, 0.5) is 0 Å². The van der Waals surface area contributed by atoms with Crippen molar-refractivity contribution in [3.8, 4) is 0 Å². The first-order chi connectivity index (χ1) is 14.1. The van der Waals surface area contributed by atoms with E-state index < -0.39 is 34.2 Å². The van der Waals surface area contributed by atoms with Crippen molar-refractivity contribution in [1.29, 1.82) is 0 Å². The topological polar surface area (TPSA) is 112 Å². The number of hydrogen-bond acceptors (Lipinski definition) is 3. The van der Waals surface area contributed by atoms with Gasteiger partial charge in [0.05, 0.1) is 16.2 Å². The molecule has 7 heteroatoms. The summed E-state index contributed by atoms with van der Waals surface area (Å²) in [6.07, 6.45) is 8.95. The molecule has 0 spiro atoms. The Bertz CT molecular complexity index is 655. The van der Waals surface area contributed by atoms with Gasteiger partial charge in [0.15, 0.2) is 0 Å². The van der Waals surface area contributed by atoms with E-state index in [4.69, 9.17) is 15.3 Å². The molecule has 1 unspecified atom stereocenters. The molecule has 0 aromatic heterocycles. The van der Waals surface area contributed by atoms with Crippen molar-refractivity contribution < 1.29 is 51.4 Å². The van der Waals surface area contributed by atoms with Crippen LogP contribution in [-0.2, 0) is 36.1 Å². The molecule has 2 aliphatic rings. The molecule has 190 valence electrons. The second-order valence-corrected chi connectivity index (χ2v) is 11.4. The third-order valence-corrected chi connectivity index (χ3v) is 4.84. The summed E-state index contributed by atoms with van der Waals surface area (Å²) >= 11 is 0. The van der Waals surface area contributed by atoms with Crippen LogP contribution < -0.4 is 0 Å². The molecule has 33 heavy (non-hydrogen) atoms. The number of carboxylic acids is 3. The van der Waals surface area contributed by atoms with E-state index in [0.29, 0.717) is 5.92 Å². The maximum absolute atomic E-state index is 10.0. The zero-order chi connectivity index (χ0) is 26.1. The molecule has 0 saturated heterocycles. The molecule has 0 radical (unpaired) electrons. The first-order valence-electron chi connectivity index (χ1n) is 11.1. The molecule has 0 saturated carbocycles. The fraction of sp³-hybridized carbons (Fsp3) is 0.731. The number of allylic oxidation sites excluding steroid dienone is 4. The smallest absolute Gasteiger partial charge is 0.308 e. The van der Waals surface area contributed by atoms with Crippen molar-refractivity contribution in [3.63, 3.8) is 0 Å². The van der Waals surface area contributed by atoms with E-state index in [1.54, 1.807) is 73.5 Å². The summed E-state index contributed by atoms with van der Waals surface area (Å²) in [6.45, 7) is 19.4. The summed E-state index contributed by atoms with van der Waals surface area (Å²) in [6, 6.07) is 0. The SMILES string of the molecule is CC(C)(C)C(=O)O.CC(C)(C)C(=O)O.CC(C)(C)C(=O)O.CC1=[C-]C(C)C2=C1CCCC2.[Ti]. The Morgan fingerprint density at radius 2 is 1.00 bits per heavy atom. The summed E-state index contributed by atoms with van der Waals surface area (Å²) in [4.78, 5) is 30.1. The van der Waals surface area contributed by atoms with Crippen LogP contribution in [0.25, 0.3) is 0 Å². The van der Waals surface area contributed by atoms with Crippen LogP contribution in [0.3, 0.4) is 0 Å². The normalized spacial score (nSPS) is 17.3. The molecular weight excluding hydrogens is 456 g/mol. The Kier molecular flexibility index (Phi) is 16.2. The Morgan fingerprint density at radius 3 is 1.24 bits per heavy atom. The van der Waals surface area contributed by atoms with Crippen molar-refractivity contribution in [1.82, 2.24) is 0 Å². The van der Waals surface area contributed by atoms with Crippen LogP contribution in [0, 0.1) is 28.2 Å². The fourth-order valence-corrected chi connectivity index (χ4v) is 2.33. The fourth-order valence-electron chi connectivity index (χ4n) is 2.33. The van der Waals surface area contributed by atoms with Crippen LogP contribution in [-0.4, -0.2) is 33.2 Å². The average Bonchev–Trinajstić information content (AvgIpc) is 2.89. The van der Waals surface area contributed by atoms with Crippen molar-refractivity contribution in [2.45, 2.75) is 102 Å². The van der Waals surface area contributed by atoms with Gasteiger partial charge in [-0.1, -0.05) is 39.0 Å². The Hall–Kier alpha value is -1.40. The van der Waals surface area contributed by atoms with Gasteiger partial charge < -0.3 is 15.3 Å². The first-order valence-corrected chi connectivity index (χ1v) is 11.1. The van der Waals surface area contributed by atoms with Gasteiger partial charge >= 0.3 is 17.9 Å². The quantitative estimate of drug-likeness (QED) is 0.255. The molecule has 0 heterocycles. The summed E-state index contributed by atoms with van der Waals surface area (Å²) in [5.41, 5.74) is 3.02. The summed E-state index contributed by atoms with van der Waals surface area (Å²) < 4.78 is 0. The van der Waals surface area contributed by atoms with E-state index >= 15 is 0 Å². The Labute approximate surface area is 215 Å². The molecule has 0 aliphatic heterocycles. The van der Waals surface area contributed by atoms with Crippen LogP contribution in [0.2, 0.25) is 0 Å². The summed E-state index contributed by atoms with van der Waals surface area (Å²) in [5.74, 6) is -1.64. The van der Waals surface area contributed by atoms with Gasteiger partial charge in [-0.2, -0.15) is 11.1 Å². The van der Waals surface area contributed by atoms with E-state index in [0.717, 1.165) is 0 Å². The maximum atomic E-state index is 10.0. The largest absolute Gasteiger partial charge is 0.481 e. The molecule has 2 aliphatic carbocycles. The predicted octanol–water partition coefficient (Wildman–Crippen LogP) is 6.60. The van der Waals surface area contributed by atoms with Crippen molar-refractivity contribution in [2.75, 3.05) is 0 Å². The van der Waals surface area contributed by atoms with Gasteiger partial charge in [-0.15, -0.1) is 0 Å². The van der Waals surface area contributed by atoms with Crippen LogP contribution in [0.5, 0.6) is 0 Å². The van der Waals surface area contributed by atoms with Crippen LogP contribution >= 0.6 is 0 Å². The van der Waals surface area contributed by atoms with E-state index in [1.807, 2.05) is 0 Å². The van der Waals surface area contributed by atoms with Crippen molar-refractivity contribution in [2.24, 2.45) is 22.2 Å². The van der Waals surface area contributed by atoms with Crippen molar-refractivity contribution in [3.05, 3.63) is 22.8 Å². The maximum Gasteiger partial charge on any atom is 0.308 e. The van der Waals surface area contributed by atoms with E-state index in [9.17, 15) is 14.4 Å². The minimum absolute atomic E-state index is 0. The summed E-state index contributed by atoms with van der Waals surface area (Å²) in [5, 5.41) is 24.8. The van der Waals surface area contributed by atoms with Crippen LogP contribution in [0.15, 0.2) is 16.7 Å². The van der Waals surface area contributed by atoms with Gasteiger partial charge in [-0.05, 0) is 68.7 Å². The average molecular weight is 502 g/mol. The van der Waals surface area contributed by atoms with Gasteiger partial charge in [-0.3, -0.25) is 20.5 Å². The molecule has 0 fully saturated rings. The number of hydrogen-bond donors (Lipinski definition) is 3. The Balaban J connectivity index is -0.000000371. The minimum Gasteiger partial charge on any atom is -0.481 e. The van der Waals surface area contributed by atoms with Crippen molar-refractivity contribution >= 4 is 17.9 Å². The molecule has 3 N–H and O–H groups in total. The monoisotopic (exact) mass is 501 g/mol. The Morgan fingerprint density at radius 1 is 0.727 bits per heavy atom. The molecule has 1 atom stereocenters. The second-order valence-electron chi connectivity index (χ2n) is 11.4. The zero-order valence-electron chi connectivity index (χ0n) is 22.5. The second kappa shape index (κ2) is 14.8. The van der Waals surface area contributed by atoms with Gasteiger partial charge in [0.25, 0.3) is 0 Å². The number of carboxylic acid groups (broad SMARTS) is 3. The standard InChI is InChI=1S/C11H15.3C5H10O2.Ti/c1-8-7-9(2)11-6-4-3-5-10(8)11;3*1-5(2,3)4(6)7;/h8H,3-6H2,1-2H3;3*1-3H3,(H,6,7);/q-1;;;;. The molecule has 0 bridgehead atoms. The third kappa shape index (κ3) is 16.0. The summed E-state index contributed by atoms with van der Waals surface area (Å²) in [7, 11) is 0. The van der Waals surface area contributed by atoms with Crippen LogP contribution in [0.1, 0.15) is 102 Å². The zero-order valence-corrected chi connectivity index (χ0v) is 24.0. The first kappa shape index (κ1) is 36.2. The molecular formula is C26H45O6Ti-. The predicted molar refractivity (Wildman–Crippen MR) is 128 cm³/mol. The van der Waals surface area contributed by atoms with Gasteiger partial charge in [0.1, 0.15) is 0 Å². The number of rotatable bonds is 0. The molecule has 0 amide bonds. The minimum atomic E-state index is -0.757. The van der Waals surface area contributed by atoms with Gasteiger partial charge in [0.2, 0.25) is 0 Å². The number of carbonyl (C=O) groups is 3. The molecule has 2 rings (SSSR count).